The maximum Gasteiger partial charge on any atom is 0.416 e. The van der Waals surface area contributed by atoms with Crippen LogP contribution in [-0.4, -0.2) is 40.8 Å². The minimum absolute atomic E-state index is 0.178. The lowest BCUT2D eigenvalue weighted by molar-refractivity contribution is -0.137. The molecule has 7 nitrogen and oxygen atoms in total. The molecule has 4 aromatic rings. The van der Waals surface area contributed by atoms with Gasteiger partial charge < -0.3 is 10.1 Å². The Labute approximate surface area is 245 Å². The number of rotatable bonds is 8. The molecule has 0 spiro atoms. The van der Waals surface area contributed by atoms with Crippen LogP contribution >= 0.6 is 0 Å². The number of amides is 2. The van der Waals surface area contributed by atoms with Crippen LogP contribution in [0.5, 0.6) is 0 Å². The van der Waals surface area contributed by atoms with Crippen LogP contribution in [0.3, 0.4) is 0 Å². The maximum atomic E-state index is 14.2. The number of carbonyl (C=O) groups is 2. The molecule has 1 aromatic heterocycles. The summed E-state index contributed by atoms with van der Waals surface area (Å²) in [4.78, 5) is 29.1. The normalized spacial score (nSPS) is 16.5. The molecule has 0 fully saturated rings. The van der Waals surface area contributed by atoms with Gasteiger partial charge in [-0.1, -0.05) is 43.0 Å². The Morgan fingerprint density at radius 1 is 1.02 bits per heavy atom. The van der Waals surface area contributed by atoms with Crippen molar-refractivity contribution >= 4 is 23.4 Å². The molecular weight excluding hydrogens is 564 g/mol. The molecule has 2 atom stereocenters. The van der Waals surface area contributed by atoms with Crippen molar-refractivity contribution in [3.63, 3.8) is 0 Å². The monoisotopic (exact) mass is 592 g/mol. The molecule has 3 aromatic carbocycles. The summed E-state index contributed by atoms with van der Waals surface area (Å²) in [5.74, 6) is -2.20. The number of nitrogens with zero attached hydrogens (tertiary/aromatic N) is 3. The quantitative estimate of drug-likeness (QED) is 0.192. The van der Waals surface area contributed by atoms with Gasteiger partial charge in [-0.05, 0) is 61.9 Å². The van der Waals surface area contributed by atoms with Gasteiger partial charge in [-0.2, -0.15) is 18.3 Å². The number of carbonyl (C=O) groups excluding carboxylic acids is 2. The highest BCUT2D eigenvalue weighted by molar-refractivity contribution is 6.06. The van der Waals surface area contributed by atoms with Gasteiger partial charge in [0.15, 0.2) is 0 Å². The third kappa shape index (κ3) is 5.62. The number of halogens is 4. The summed E-state index contributed by atoms with van der Waals surface area (Å²) in [6, 6.07) is 17.2. The van der Waals surface area contributed by atoms with Gasteiger partial charge >= 0.3 is 6.18 Å². The van der Waals surface area contributed by atoms with Gasteiger partial charge in [0.25, 0.3) is 11.8 Å². The summed E-state index contributed by atoms with van der Waals surface area (Å²) in [5.41, 5.74) is 0.656. The Morgan fingerprint density at radius 2 is 1.72 bits per heavy atom. The van der Waals surface area contributed by atoms with Crippen molar-refractivity contribution in [2.24, 2.45) is 0 Å². The van der Waals surface area contributed by atoms with E-state index in [9.17, 15) is 27.2 Å². The van der Waals surface area contributed by atoms with Crippen LogP contribution in [0.2, 0.25) is 0 Å². The second kappa shape index (κ2) is 11.7. The van der Waals surface area contributed by atoms with Crippen LogP contribution in [0.15, 0.2) is 85.4 Å². The van der Waals surface area contributed by atoms with E-state index in [0.29, 0.717) is 28.3 Å². The lowest BCUT2D eigenvalue weighted by Crippen LogP contribution is -2.55. The number of hydrogen-bond donors (Lipinski definition) is 1. The Balaban J connectivity index is 1.72. The summed E-state index contributed by atoms with van der Waals surface area (Å²) in [7, 11) is 0. The van der Waals surface area contributed by atoms with E-state index in [2.05, 4.69) is 11.9 Å². The third-order valence-corrected chi connectivity index (χ3v) is 7.20. The fraction of sp³-hybridized carbons (Fsp3) is 0.219. The number of para-hydroxylation sites is 1. The number of anilines is 1. The number of alkyl halides is 3. The van der Waals surface area contributed by atoms with Crippen molar-refractivity contribution in [1.82, 2.24) is 15.1 Å². The van der Waals surface area contributed by atoms with Gasteiger partial charge in [0, 0.05) is 23.6 Å². The van der Waals surface area contributed by atoms with E-state index in [-0.39, 0.29) is 24.5 Å². The number of benzene rings is 3. The van der Waals surface area contributed by atoms with Gasteiger partial charge in [0.05, 0.1) is 17.9 Å². The summed E-state index contributed by atoms with van der Waals surface area (Å²) in [5, 5.41) is 7.48. The molecule has 1 aliphatic rings. The van der Waals surface area contributed by atoms with Crippen LogP contribution in [0.25, 0.3) is 11.4 Å². The van der Waals surface area contributed by atoms with Crippen molar-refractivity contribution in [3.05, 3.63) is 119 Å². The SMILES string of the molecule is C=C(OCC)c1nn(-c2ccccc2)c2c1[C@H](c1ccc(F)cc1)[C@H](NC(=O)c1cccc(C(F)(F)F)c1)C(=O)N2CC. The molecule has 0 saturated heterocycles. The first-order valence-corrected chi connectivity index (χ1v) is 13.6. The highest BCUT2D eigenvalue weighted by atomic mass is 19.4. The summed E-state index contributed by atoms with van der Waals surface area (Å²) < 4.78 is 61.6. The summed E-state index contributed by atoms with van der Waals surface area (Å²) in [6.45, 7) is 8.04. The van der Waals surface area contributed by atoms with Gasteiger partial charge in [-0.25, -0.2) is 9.07 Å². The van der Waals surface area contributed by atoms with Gasteiger partial charge in [0.1, 0.15) is 29.1 Å². The van der Waals surface area contributed by atoms with E-state index >= 15 is 0 Å². The minimum atomic E-state index is -4.66. The van der Waals surface area contributed by atoms with E-state index in [1.54, 1.807) is 18.5 Å². The highest BCUT2D eigenvalue weighted by Crippen LogP contribution is 2.45. The van der Waals surface area contributed by atoms with Crippen LogP contribution in [0.4, 0.5) is 23.4 Å². The van der Waals surface area contributed by atoms with Crippen LogP contribution in [0.1, 0.15) is 52.5 Å². The predicted octanol–water partition coefficient (Wildman–Crippen LogP) is 6.33. The molecule has 11 heteroatoms. The second-order valence-electron chi connectivity index (χ2n) is 9.83. The third-order valence-electron chi connectivity index (χ3n) is 7.20. The first-order chi connectivity index (χ1) is 20.5. The Kier molecular flexibility index (Phi) is 8.08. The zero-order chi connectivity index (χ0) is 30.9. The van der Waals surface area contributed by atoms with Gasteiger partial charge in [-0.3, -0.25) is 14.5 Å². The molecule has 1 aliphatic heterocycles. The van der Waals surface area contributed by atoms with Crippen LogP contribution in [-0.2, 0) is 15.7 Å². The average Bonchev–Trinajstić information content (AvgIpc) is 3.38. The van der Waals surface area contributed by atoms with E-state index < -0.39 is 41.3 Å². The average molecular weight is 593 g/mol. The Morgan fingerprint density at radius 3 is 2.35 bits per heavy atom. The Hall–Kier alpha value is -4.93. The van der Waals surface area contributed by atoms with Crippen molar-refractivity contribution < 1.29 is 31.9 Å². The Bertz CT molecular complexity index is 1670. The number of ether oxygens (including phenoxy) is 1. The molecule has 0 aliphatic carbocycles. The molecular formula is C32H28F4N4O3. The lowest BCUT2D eigenvalue weighted by atomic mass is 9.80. The maximum absolute atomic E-state index is 14.2. The van der Waals surface area contributed by atoms with Crippen LogP contribution in [0, 0.1) is 5.82 Å². The molecule has 2 amide bonds. The molecule has 1 N–H and O–H groups in total. The molecule has 43 heavy (non-hydrogen) atoms. The first-order valence-electron chi connectivity index (χ1n) is 13.6. The molecule has 2 heterocycles. The summed E-state index contributed by atoms with van der Waals surface area (Å²) >= 11 is 0. The van der Waals surface area contributed by atoms with E-state index in [4.69, 9.17) is 9.84 Å². The van der Waals surface area contributed by atoms with Crippen molar-refractivity contribution in [2.45, 2.75) is 32.0 Å². The molecule has 222 valence electrons. The zero-order valence-corrected chi connectivity index (χ0v) is 23.4. The standard InChI is InChI=1S/C32H28F4N4O3/c1-4-39-30-26(27(19(3)43-5-2)38-40(30)24-12-7-6-8-13-24)25(20-14-16-23(33)17-15-20)28(31(39)42)37-29(41)21-10-9-11-22(18-21)32(34,35)36/h6-18,25,28H,3-5H2,1-2H3,(H,37,41)/t25-,28-/m0/s1. The van der Waals surface area contributed by atoms with Gasteiger partial charge in [-0.15, -0.1) is 0 Å². The summed E-state index contributed by atoms with van der Waals surface area (Å²) in [6.07, 6.45) is -4.66. The van der Waals surface area contributed by atoms with E-state index in [1.165, 1.54) is 35.2 Å². The molecule has 0 unspecified atom stereocenters. The number of likely N-dealkylation sites (N-methyl/N-ethyl adjacent to an activating group) is 1. The number of hydrogen-bond acceptors (Lipinski definition) is 4. The molecule has 0 radical (unpaired) electrons. The largest absolute Gasteiger partial charge is 0.492 e. The van der Waals surface area contributed by atoms with Crippen molar-refractivity contribution in [2.75, 3.05) is 18.1 Å². The van der Waals surface area contributed by atoms with E-state index in [1.807, 2.05) is 30.3 Å². The number of nitrogens with one attached hydrogen (secondary N) is 1. The highest BCUT2D eigenvalue weighted by Gasteiger charge is 2.47. The smallest absolute Gasteiger partial charge is 0.416 e. The molecule has 5 rings (SSSR count). The minimum Gasteiger partial charge on any atom is -0.492 e. The number of aromatic nitrogens is 2. The number of fused-ring (bicyclic) bond motifs is 1. The fourth-order valence-corrected chi connectivity index (χ4v) is 5.29. The topological polar surface area (TPSA) is 76.5 Å². The van der Waals surface area contributed by atoms with Crippen LogP contribution < -0.4 is 10.2 Å². The lowest BCUT2D eigenvalue weighted by Gasteiger charge is -2.38. The molecule has 0 saturated carbocycles. The second-order valence-corrected chi connectivity index (χ2v) is 9.83. The van der Waals surface area contributed by atoms with Gasteiger partial charge in [0.2, 0.25) is 0 Å². The van der Waals surface area contributed by atoms with Crippen molar-refractivity contribution in [3.8, 4) is 5.69 Å². The van der Waals surface area contributed by atoms with E-state index in [0.717, 1.165) is 18.2 Å². The fourth-order valence-electron chi connectivity index (χ4n) is 5.29. The predicted molar refractivity (Wildman–Crippen MR) is 153 cm³/mol. The van der Waals surface area contributed by atoms with Crippen molar-refractivity contribution in [1.29, 1.82) is 0 Å². The molecule has 0 bridgehead atoms. The zero-order valence-electron chi connectivity index (χ0n) is 23.4. The first kappa shape index (κ1) is 29.6.